The van der Waals surface area contributed by atoms with Crippen molar-refractivity contribution in [2.45, 2.75) is 13.5 Å². The topological polar surface area (TPSA) is 75.7 Å². The average Bonchev–Trinajstić information content (AvgIpc) is 2.88. The Morgan fingerprint density at radius 1 is 0.895 bits per heavy atom. The molecule has 38 heavy (non-hydrogen) atoms. The number of amides is 4. The van der Waals surface area contributed by atoms with Gasteiger partial charge in [0.15, 0.2) is 5.75 Å². The van der Waals surface area contributed by atoms with E-state index >= 15 is 0 Å². The van der Waals surface area contributed by atoms with E-state index in [9.17, 15) is 14.4 Å². The zero-order valence-corrected chi connectivity index (χ0v) is 22.2. The lowest BCUT2D eigenvalue weighted by Crippen LogP contribution is -2.54. The van der Waals surface area contributed by atoms with Gasteiger partial charge in [-0.15, -0.1) is 0 Å². The van der Waals surface area contributed by atoms with E-state index in [0.29, 0.717) is 16.1 Å². The number of aryl methyl sites for hydroxylation is 1. The van der Waals surface area contributed by atoms with E-state index in [4.69, 9.17) is 39.5 Å². The predicted molar refractivity (Wildman–Crippen MR) is 150 cm³/mol. The predicted octanol–water partition coefficient (Wildman–Crippen LogP) is 7.35. The molecule has 1 N–H and O–H groups in total. The number of carbonyl (C=O) groups is 3. The molecule has 0 radical (unpaired) electrons. The number of ether oxygens (including phenoxy) is 1. The molecule has 4 aromatic carbocycles. The fourth-order valence-corrected chi connectivity index (χ4v) is 5.01. The van der Waals surface area contributed by atoms with Crippen LogP contribution < -0.4 is 15.0 Å². The van der Waals surface area contributed by atoms with Gasteiger partial charge >= 0.3 is 6.03 Å². The normalized spacial score (nSPS) is 14.8. The number of halogens is 3. The number of carbonyl (C=O) groups excluding carboxylic acids is 3. The van der Waals surface area contributed by atoms with Crippen molar-refractivity contribution in [2.75, 3.05) is 4.90 Å². The van der Waals surface area contributed by atoms with Crippen LogP contribution in [0, 0.1) is 6.92 Å². The second kappa shape index (κ2) is 10.5. The van der Waals surface area contributed by atoms with Crippen molar-refractivity contribution in [3.63, 3.8) is 0 Å². The summed E-state index contributed by atoms with van der Waals surface area (Å²) < 4.78 is 5.97. The molecule has 0 unspecified atom stereocenters. The lowest BCUT2D eigenvalue weighted by molar-refractivity contribution is -0.122. The second-order valence-electron chi connectivity index (χ2n) is 8.63. The first-order valence-electron chi connectivity index (χ1n) is 11.5. The third-order valence-corrected chi connectivity index (χ3v) is 6.89. The molecule has 4 aromatic rings. The molecule has 1 heterocycles. The van der Waals surface area contributed by atoms with Gasteiger partial charge in [-0.05, 0) is 64.7 Å². The van der Waals surface area contributed by atoms with Crippen LogP contribution in [0.25, 0.3) is 16.8 Å². The molecule has 190 valence electrons. The van der Waals surface area contributed by atoms with Gasteiger partial charge in [-0.3, -0.25) is 14.9 Å². The number of barbiturate groups is 1. The molecule has 6 nitrogen and oxygen atoms in total. The number of rotatable bonds is 5. The molecule has 9 heteroatoms. The van der Waals surface area contributed by atoms with Crippen LogP contribution in [0.15, 0.2) is 78.4 Å². The van der Waals surface area contributed by atoms with Crippen molar-refractivity contribution in [1.29, 1.82) is 0 Å². The number of hydrogen-bond donors (Lipinski definition) is 1. The summed E-state index contributed by atoms with van der Waals surface area (Å²) in [5, 5.41) is 5.08. The third kappa shape index (κ3) is 4.98. The Balaban J connectivity index is 1.43. The van der Waals surface area contributed by atoms with E-state index in [2.05, 4.69) is 5.32 Å². The molecule has 1 saturated heterocycles. The summed E-state index contributed by atoms with van der Waals surface area (Å²) in [5.74, 6) is -1.36. The zero-order chi connectivity index (χ0) is 27.0. The Morgan fingerprint density at radius 2 is 1.61 bits per heavy atom. The van der Waals surface area contributed by atoms with Crippen molar-refractivity contribution >= 4 is 75.2 Å². The first kappa shape index (κ1) is 25.8. The highest BCUT2D eigenvalue weighted by Crippen LogP contribution is 2.36. The van der Waals surface area contributed by atoms with Gasteiger partial charge in [0.2, 0.25) is 0 Å². The monoisotopic (exact) mass is 564 g/mol. The average molecular weight is 566 g/mol. The highest BCUT2D eigenvalue weighted by molar-refractivity contribution is 6.40. The minimum atomic E-state index is -0.865. The van der Waals surface area contributed by atoms with Gasteiger partial charge in [-0.1, -0.05) is 83.3 Å². The van der Waals surface area contributed by atoms with Crippen LogP contribution in [-0.2, 0) is 16.2 Å². The molecule has 0 aromatic heterocycles. The lowest BCUT2D eigenvalue weighted by atomic mass is 10.0. The van der Waals surface area contributed by atoms with Crippen LogP contribution in [0.5, 0.6) is 5.75 Å². The van der Waals surface area contributed by atoms with Crippen LogP contribution in [-0.4, -0.2) is 17.8 Å². The summed E-state index contributed by atoms with van der Waals surface area (Å²) in [6.07, 6.45) is 1.32. The SMILES string of the molecule is Cc1ccc(Cl)cc1N1C(=O)NC(=O)/C(=C\c2cc(Cl)c(OCc3cccc4ccccc34)c(Cl)c2)C1=O. The Bertz CT molecular complexity index is 1640. The molecule has 1 aliphatic heterocycles. The van der Waals surface area contributed by atoms with Crippen molar-refractivity contribution in [3.8, 4) is 5.75 Å². The standard InChI is InChI=1S/C29H19Cl3N2O4/c1-16-9-10-20(30)14-25(16)34-28(36)22(27(35)33-29(34)37)11-17-12-23(31)26(24(32)13-17)38-15-19-7-4-6-18-5-2-3-8-21(18)19/h2-14H,15H2,1H3,(H,33,35,37)/b22-11+. The number of benzene rings is 4. The van der Waals surface area contributed by atoms with Crippen LogP contribution in [0.1, 0.15) is 16.7 Å². The molecule has 1 fully saturated rings. The first-order valence-corrected chi connectivity index (χ1v) is 12.6. The zero-order valence-electron chi connectivity index (χ0n) is 19.9. The van der Waals surface area contributed by atoms with Crippen LogP contribution in [0.3, 0.4) is 0 Å². The maximum absolute atomic E-state index is 13.3. The number of nitrogens with zero attached hydrogens (tertiary/aromatic N) is 1. The van der Waals surface area contributed by atoms with E-state index < -0.39 is 17.8 Å². The number of nitrogens with one attached hydrogen (secondary N) is 1. The quantitative estimate of drug-likeness (QED) is 0.203. The fraction of sp³-hybridized carbons (Fsp3) is 0.0690. The molecule has 0 atom stereocenters. The van der Waals surface area contributed by atoms with Crippen LogP contribution in [0.2, 0.25) is 15.1 Å². The highest BCUT2D eigenvalue weighted by atomic mass is 35.5. The summed E-state index contributed by atoms with van der Waals surface area (Å²) in [6.45, 7) is 1.96. The largest absolute Gasteiger partial charge is 0.486 e. The molecular weight excluding hydrogens is 547 g/mol. The number of hydrogen-bond acceptors (Lipinski definition) is 4. The second-order valence-corrected chi connectivity index (χ2v) is 9.88. The van der Waals surface area contributed by atoms with E-state index in [-0.39, 0.29) is 33.7 Å². The minimum absolute atomic E-state index is 0.201. The molecule has 0 spiro atoms. The van der Waals surface area contributed by atoms with Gasteiger partial charge in [0.25, 0.3) is 11.8 Å². The minimum Gasteiger partial charge on any atom is -0.486 e. The van der Waals surface area contributed by atoms with Gasteiger partial charge in [-0.25, -0.2) is 9.69 Å². The molecular formula is C29H19Cl3N2O4. The van der Waals surface area contributed by atoms with Crippen molar-refractivity contribution < 1.29 is 19.1 Å². The smallest absolute Gasteiger partial charge is 0.335 e. The summed E-state index contributed by atoms with van der Waals surface area (Å²) in [6, 6.07) is 20.9. The van der Waals surface area contributed by atoms with Crippen LogP contribution in [0.4, 0.5) is 10.5 Å². The Hall–Kier alpha value is -3.84. The van der Waals surface area contributed by atoms with Crippen molar-refractivity contribution in [1.82, 2.24) is 5.32 Å². The lowest BCUT2D eigenvalue weighted by Gasteiger charge is -2.27. The van der Waals surface area contributed by atoms with Crippen molar-refractivity contribution in [3.05, 3.63) is 110 Å². The Morgan fingerprint density at radius 3 is 2.37 bits per heavy atom. The van der Waals surface area contributed by atoms with E-state index in [1.54, 1.807) is 19.1 Å². The molecule has 4 amide bonds. The number of fused-ring (bicyclic) bond motifs is 1. The summed E-state index contributed by atoms with van der Waals surface area (Å²) >= 11 is 19.1. The fourth-order valence-electron chi connectivity index (χ4n) is 4.24. The van der Waals surface area contributed by atoms with Gasteiger partial charge in [0.1, 0.15) is 12.2 Å². The Kier molecular flexibility index (Phi) is 7.13. The maximum atomic E-state index is 13.3. The number of anilines is 1. The third-order valence-electron chi connectivity index (χ3n) is 6.10. The van der Waals surface area contributed by atoms with Crippen LogP contribution >= 0.6 is 34.8 Å². The van der Waals surface area contributed by atoms with Gasteiger partial charge in [0.05, 0.1) is 15.7 Å². The molecule has 0 bridgehead atoms. The van der Waals surface area contributed by atoms with E-state index in [1.807, 2.05) is 42.5 Å². The molecule has 1 aliphatic rings. The maximum Gasteiger partial charge on any atom is 0.335 e. The van der Waals surface area contributed by atoms with Crippen molar-refractivity contribution in [2.24, 2.45) is 0 Å². The Labute approximate surface area is 233 Å². The van der Waals surface area contributed by atoms with Gasteiger partial charge < -0.3 is 4.74 Å². The summed E-state index contributed by atoms with van der Waals surface area (Å²) in [4.78, 5) is 39.3. The number of urea groups is 1. The first-order chi connectivity index (χ1) is 18.2. The molecule has 0 saturated carbocycles. The highest BCUT2D eigenvalue weighted by Gasteiger charge is 2.37. The number of imide groups is 2. The summed E-state index contributed by atoms with van der Waals surface area (Å²) in [5.41, 5.74) is 1.98. The van der Waals surface area contributed by atoms with E-state index in [1.165, 1.54) is 24.3 Å². The van der Waals surface area contributed by atoms with E-state index in [0.717, 1.165) is 21.2 Å². The summed E-state index contributed by atoms with van der Waals surface area (Å²) in [7, 11) is 0. The molecule has 0 aliphatic carbocycles. The van der Waals surface area contributed by atoms with Gasteiger partial charge in [0, 0.05) is 5.02 Å². The molecule has 5 rings (SSSR count). The van der Waals surface area contributed by atoms with Gasteiger partial charge in [-0.2, -0.15) is 0 Å².